The van der Waals surface area contributed by atoms with Crippen molar-refractivity contribution < 1.29 is 9.32 Å². The van der Waals surface area contributed by atoms with Gasteiger partial charge < -0.3 is 9.84 Å². The second-order valence-electron chi connectivity index (χ2n) is 4.66. The van der Waals surface area contributed by atoms with E-state index in [2.05, 4.69) is 25.7 Å². The maximum absolute atomic E-state index is 11.7. The molecule has 0 saturated heterocycles. The highest BCUT2D eigenvalue weighted by Crippen LogP contribution is 2.19. The van der Waals surface area contributed by atoms with E-state index in [0.717, 1.165) is 5.56 Å². The molecule has 0 aliphatic rings. The van der Waals surface area contributed by atoms with Crippen LogP contribution in [0.1, 0.15) is 18.7 Å². The van der Waals surface area contributed by atoms with Crippen LogP contribution in [0.4, 0.5) is 5.13 Å². The third-order valence-corrected chi connectivity index (χ3v) is 3.83. The molecule has 0 fully saturated rings. The Hall–Kier alpha value is -2.32. The van der Waals surface area contributed by atoms with Crippen molar-refractivity contribution in [3.8, 4) is 11.4 Å². The number of anilines is 1. The molecule has 0 saturated carbocycles. The Morgan fingerprint density at radius 3 is 2.87 bits per heavy atom. The number of amides is 1. The summed E-state index contributed by atoms with van der Waals surface area (Å²) in [5.74, 6) is 0.896. The van der Waals surface area contributed by atoms with Crippen molar-refractivity contribution in [2.45, 2.75) is 19.3 Å². The number of carbonyl (C=O) groups excluding carboxylic acids is 1. The third kappa shape index (κ3) is 4.33. The van der Waals surface area contributed by atoms with Crippen molar-refractivity contribution in [2.24, 2.45) is 0 Å². The number of aryl methyl sites for hydroxylation is 1. The predicted molar refractivity (Wildman–Crippen MR) is 86.2 cm³/mol. The van der Waals surface area contributed by atoms with Crippen LogP contribution in [0.2, 0.25) is 5.02 Å². The number of aromatic nitrogens is 4. The molecule has 1 aromatic carbocycles. The monoisotopic (exact) mass is 349 g/mol. The van der Waals surface area contributed by atoms with Gasteiger partial charge in [0.05, 0.1) is 0 Å². The zero-order chi connectivity index (χ0) is 16.1. The largest absolute Gasteiger partial charge is 0.339 e. The first-order chi connectivity index (χ1) is 11.2. The van der Waals surface area contributed by atoms with Crippen LogP contribution >= 0.6 is 22.9 Å². The van der Waals surface area contributed by atoms with Crippen LogP contribution in [0.3, 0.4) is 0 Å². The molecular weight excluding hydrogens is 338 g/mol. The Morgan fingerprint density at radius 2 is 2.13 bits per heavy atom. The summed E-state index contributed by atoms with van der Waals surface area (Å²) < 4.78 is 5.19. The van der Waals surface area contributed by atoms with Crippen LogP contribution < -0.4 is 5.32 Å². The molecule has 0 atom stereocenters. The summed E-state index contributed by atoms with van der Waals surface area (Å²) in [5.41, 5.74) is 2.39. The average Bonchev–Trinajstić information content (AvgIpc) is 3.20. The number of nitrogens with one attached hydrogen (secondary N) is 1. The molecule has 3 rings (SSSR count). The van der Waals surface area contributed by atoms with Gasteiger partial charge in [0.25, 0.3) is 0 Å². The highest BCUT2D eigenvalue weighted by atomic mass is 35.5. The second-order valence-corrected chi connectivity index (χ2v) is 5.93. The van der Waals surface area contributed by atoms with Gasteiger partial charge in [-0.3, -0.25) is 4.79 Å². The van der Waals surface area contributed by atoms with Crippen LogP contribution in [0.5, 0.6) is 0 Å². The van der Waals surface area contributed by atoms with Crippen LogP contribution in [0, 0.1) is 0 Å². The van der Waals surface area contributed by atoms with Crippen LogP contribution in [-0.4, -0.2) is 26.2 Å². The molecule has 0 radical (unpaired) electrons. The molecular formula is C14H12ClN5O2S. The van der Waals surface area contributed by atoms with E-state index in [1.54, 1.807) is 17.6 Å². The molecule has 3 aromatic rings. The lowest BCUT2D eigenvalue weighted by Gasteiger charge is -1.99. The fourth-order valence-corrected chi connectivity index (χ4v) is 2.47. The minimum atomic E-state index is -0.112. The summed E-state index contributed by atoms with van der Waals surface area (Å²) in [6, 6.07) is 7.19. The lowest BCUT2D eigenvalue weighted by Crippen LogP contribution is -2.11. The number of hydrogen-bond acceptors (Lipinski definition) is 7. The van der Waals surface area contributed by atoms with E-state index in [4.69, 9.17) is 16.1 Å². The van der Waals surface area contributed by atoms with Gasteiger partial charge in [0.1, 0.15) is 5.51 Å². The van der Waals surface area contributed by atoms with Gasteiger partial charge in [0.2, 0.25) is 22.8 Å². The summed E-state index contributed by atoms with van der Waals surface area (Å²) in [5, 5.41) is 15.2. The Morgan fingerprint density at radius 1 is 1.30 bits per heavy atom. The third-order valence-electron chi connectivity index (χ3n) is 2.97. The maximum atomic E-state index is 11.7. The quantitative estimate of drug-likeness (QED) is 0.734. The van der Waals surface area contributed by atoms with E-state index in [9.17, 15) is 4.79 Å². The van der Waals surface area contributed by atoms with Gasteiger partial charge in [-0.2, -0.15) is 4.98 Å². The van der Waals surface area contributed by atoms with Crippen LogP contribution in [0.25, 0.3) is 11.4 Å². The molecule has 0 aliphatic heterocycles. The van der Waals surface area contributed by atoms with E-state index >= 15 is 0 Å². The number of benzene rings is 1. The maximum Gasteiger partial charge on any atom is 0.226 e. The standard InChI is InChI=1S/C14H12ClN5O2S/c15-10-6-4-9(5-7-10)13-18-12(22-20-13)3-1-2-11(21)17-14-19-16-8-23-14/h4-8H,1-3H2,(H,17,19,21). The molecule has 2 aromatic heterocycles. The smallest absolute Gasteiger partial charge is 0.226 e. The van der Waals surface area contributed by atoms with Gasteiger partial charge in [-0.1, -0.05) is 28.1 Å². The first-order valence-electron chi connectivity index (χ1n) is 6.85. The molecule has 9 heteroatoms. The molecule has 23 heavy (non-hydrogen) atoms. The first kappa shape index (κ1) is 15.6. The zero-order valence-electron chi connectivity index (χ0n) is 11.9. The predicted octanol–water partition coefficient (Wildman–Crippen LogP) is 3.20. The molecule has 0 aliphatic carbocycles. The van der Waals surface area contributed by atoms with E-state index < -0.39 is 0 Å². The lowest BCUT2D eigenvalue weighted by molar-refractivity contribution is -0.116. The van der Waals surface area contributed by atoms with Crippen LogP contribution in [-0.2, 0) is 11.2 Å². The number of rotatable bonds is 6. The van der Waals surface area contributed by atoms with Crippen molar-refractivity contribution in [1.29, 1.82) is 0 Å². The zero-order valence-corrected chi connectivity index (χ0v) is 13.5. The van der Waals surface area contributed by atoms with Gasteiger partial charge >= 0.3 is 0 Å². The van der Waals surface area contributed by atoms with Gasteiger partial charge in [-0.25, -0.2) is 0 Å². The molecule has 0 spiro atoms. The topological polar surface area (TPSA) is 93.8 Å². The van der Waals surface area contributed by atoms with Crippen molar-refractivity contribution in [2.75, 3.05) is 5.32 Å². The molecule has 0 unspecified atom stereocenters. The minimum Gasteiger partial charge on any atom is -0.339 e. The van der Waals surface area contributed by atoms with Gasteiger partial charge in [-0.05, 0) is 30.7 Å². The highest BCUT2D eigenvalue weighted by molar-refractivity contribution is 7.13. The van der Waals surface area contributed by atoms with Crippen molar-refractivity contribution in [3.63, 3.8) is 0 Å². The molecule has 2 heterocycles. The Bertz CT molecular complexity index is 773. The summed E-state index contributed by atoms with van der Waals surface area (Å²) >= 11 is 7.12. The SMILES string of the molecule is O=C(CCCc1nc(-c2ccc(Cl)cc2)no1)Nc1nncs1. The van der Waals surface area contributed by atoms with E-state index in [1.165, 1.54) is 11.3 Å². The fraction of sp³-hybridized carbons (Fsp3) is 0.214. The average molecular weight is 350 g/mol. The normalized spacial score (nSPS) is 10.7. The summed E-state index contributed by atoms with van der Waals surface area (Å²) in [6.07, 6.45) is 1.48. The van der Waals surface area contributed by atoms with E-state index in [0.29, 0.717) is 41.1 Å². The van der Waals surface area contributed by atoms with Gasteiger partial charge in [0.15, 0.2) is 0 Å². The van der Waals surface area contributed by atoms with Crippen molar-refractivity contribution in [1.82, 2.24) is 20.3 Å². The fourth-order valence-electron chi connectivity index (χ4n) is 1.88. The van der Waals surface area contributed by atoms with Gasteiger partial charge in [-0.15, -0.1) is 10.2 Å². The number of hydrogen-bond donors (Lipinski definition) is 1. The minimum absolute atomic E-state index is 0.112. The summed E-state index contributed by atoms with van der Waals surface area (Å²) in [6.45, 7) is 0. The lowest BCUT2D eigenvalue weighted by atomic mass is 10.2. The van der Waals surface area contributed by atoms with Crippen LogP contribution in [0.15, 0.2) is 34.3 Å². The van der Waals surface area contributed by atoms with Gasteiger partial charge in [0, 0.05) is 23.4 Å². The number of nitrogens with zero attached hydrogens (tertiary/aromatic N) is 4. The number of carbonyl (C=O) groups is 1. The molecule has 118 valence electrons. The van der Waals surface area contributed by atoms with Crippen molar-refractivity contribution >= 4 is 34.0 Å². The number of halogens is 1. The highest BCUT2D eigenvalue weighted by Gasteiger charge is 2.10. The van der Waals surface area contributed by atoms with E-state index in [-0.39, 0.29) is 5.91 Å². The Balaban J connectivity index is 1.49. The Labute approximate surface area is 140 Å². The molecule has 1 amide bonds. The summed E-state index contributed by atoms with van der Waals surface area (Å²) in [7, 11) is 0. The Kier molecular flexibility index (Phi) is 4.94. The molecule has 1 N–H and O–H groups in total. The summed E-state index contributed by atoms with van der Waals surface area (Å²) in [4.78, 5) is 16.0. The molecule has 7 nitrogen and oxygen atoms in total. The van der Waals surface area contributed by atoms with Crippen molar-refractivity contribution in [3.05, 3.63) is 40.7 Å². The molecule has 0 bridgehead atoms. The second kappa shape index (κ2) is 7.30. The van der Waals surface area contributed by atoms with E-state index in [1.807, 2.05) is 12.1 Å². The first-order valence-corrected chi connectivity index (χ1v) is 8.11.